The van der Waals surface area contributed by atoms with Gasteiger partial charge in [-0.25, -0.2) is 18.2 Å². The van der Waals surface area contributed by atoms with Crippen LogP contribution in [0, 0.1) is 0 Å². The van der Waals surface area contributed by atoms with Crippen molar-refractivity contribution in [3.05, 3.63) is 62.6 Å². The Hall–Kier alpha value is -2.57. The molecule has 5 rings (SSSR count). The number of nitrogens with zero attached hydrogens (tertiary/aromatic N) is 2. The summed E-state index contributed by atoms with van der Waals surface area (Å²) in [6.07, 6.45) is 1.80. The summed E-state index contributed by atoms with van der Waals surface area (Å²) in [5.74, 6) is -0.461. The lowest BCUT2D eigenvalue weighted by Crippen LogP contribution is -2.49. The molecule has 1 atom stereocenters. The van der Waals surface area contributed by atoms with E-state index in [1.807, 2.05) is 12.1 Å². The quantitative estimate of drug-likeness (QED) is 0.367. The molecule has 3 aromatic heterocycles. The van der Waals surface area contributed by atoms with Crippen LogP contribution < -0.4 is 10.9 Å². The predicted molar refractivity (Wildman–Crippen MR) is 133 cm³/mol. The lowest BCUT2D eigenvalue weighted by molar-refractivity contribution is -0.120. The van der Waals surface area contributed by atoms with Gasteiger partial charge in [0.15, 0.2) is 5.13 Å². The maximum Gasteiger partial charge on any atom is 0.345 e. The number of aromatic nitrogens is 1. The topological polar surface area (TPSA) is 110 Å². The van der Waals surface area contributed by atoms with Crippen LogP contribution in [0.3, 0.4) is 0 Å². The molecule has 0 saturated carbocycles. The van der Waals surface area contributed by atoms with Crippen LogP contribution in [0.1, 0.15) is 19.3 Å². The third-order valence-electron chi connectivity index (χ3n) is 5.52. The molecule has 8 nitrogen and oxygen atoms in total. The van der Waals surface area contributed by atoms with E-state index in [9.17, 15) is 18.0 Å². The maximum atomic E-state index is 13.1. The average Bonchev–Trinajstić information content (AvgIpc) is 3.48. The minimum Gasteiger partial charge on any atom is -0.422 e. The molecular weight excluding hydrogens is 518 g/mol. The van der Waals surface area contributed by atoms with Gasteiger partial charge in [0.1, 0.15) is 15.8 Å². The Labute approximate surface area is 207 Å². The number of halogens is 1. The number of hydrogen-bond donors (Lipinski definition) is 1. The van der Waals surface area contributed by atoms with E-state index in [4.69, 9.17) is 16.0 Å². The van der Waals surface area contributed by atoms with Crippen molar-refractivity contribution in [2.45, 2.75) is 29.5 Å². The Bertz CT molecular complexity index is 1540. The molecule has 1 fully saturated rings. The number of carbonyl (C=O) groups excluding carboxylic acids is 1. The highest BCUT2D eigenvalue weighted by molar-refractivity contribution is 7.91. The van der Waals surface area contributed by atoms with Crippen LogP contribution in [0.2, 0.25) is 4.34 Å². The van der Waals surface area contributed by atoms with E-state index in [1.54, 1.807) is 23.6 Å². The molecule has 1 amide bonds. The number of piperidine rings is 1. The number of anilines is 1. The van der Waals surface area contributed by atoms with Gasteiger partial charge < -0.3 is 9.73 Å². The monoisotopic (exact) mass is 535 g/mol. The highest BCUT2D eigenvalue weighted by atomic mass is 35.5. The number of hydrogen-bond acceptors (Lipinski definition) is 8. The molecule has 1 aromatic carbocycles. The van der Waals surface area contributed by atoms with Gasteiger partial charge in [-0.1, -0.05) is 36.2 Å². The number of sulfonamides is 1. The largest absolute Gasteiger partial charge is 0.422 e. The molecule has 1 saturated heterocycles. The van der Waals surface area contributed by atoms with E-state index in [0.717, 1.165) is 34.5 Å². The number of benzene rings is 1. The van der Waals surface area contributed by atoms with E-state index in [1.165, 1.54) is 16.4 Å². The Morgan fingerprint density at radius 2 is 2.03 bits per heavy atom. The molecule has 1 aliphatic heterocycles. The van der Waals surface area contributed by atoms with E-state index in [2.05, 4.69) is 10.3 Å². The lowest BCUT2D eigenvalue weighted by atomic mass is 10.0. The maximum absolute atomic E-state index is 13.1. The van der Waals surface area contributed by atoms with Crippen LogP contribution in [0.4, 0.5) is 5.13 Å². The molecule has 0 bridgehead atoms. The summed E-state index contributed by atoms with van der Waals surface area (Å²) in [6.45, 7) is 0.247. The second-order valence-corrected chi connectivity index (χ2v) is 12.4. The second kappa shape index (κ2) is 9.23. The molecule has 0 radical (unpaired) electrons. The number of fused-ring (bicyclic) bond motifs is 1. The third kappa shape index (κ3) is 4.41. The first-order valence-corrected chi connectivity index (χ1v) is 13.9. The normalized spacial score (nSPS) is 17.1. The second-order valence-electron chi connectivity index (χ2n) is 7.70. The number of para-hydroxylation sites is 1. The summed E-state index contributed by atoms with van der Waals surface area (Å²) in [5, 5.41) is 5.41. The van der Waals surface area contributed by atoms with Crippen molar-refractivity contribution in [3.8, 4) is 11.3 Å². The molecular formula is C22H18ClN3O5S3. The Balaban J connectivity index is 1.38. The predicted octanol–water partition coefficient (Wildman–Crippen LogP) is 4.81. The van der Waals surface area contributed by atoms with Crippen molar-refractivity contribution in [1.82, 2.24) is 9.29 Å². The smallest absolute Gasteiger partial charge is 0.345 e. The van der Waals surface area contributed by atoms with E-state index >= 15 is 0 Å². The fourth-order valence-corrected chi connectivity index (χ4v) is 7.87. The third-order valence-corrected chi connectivity index (χ3v) is 9.88. The number of amides is 1. The number of thiazole rings is 1. The molecule has 176 valence electrons. The van der Waals surface area contributed by atoms with Crippen LogP contribution in [0.15, 0.2) is 61.3 Å². The first-order chi connectivity index (χ1) is 16.3. The van der Waals surface area contributed by atoms with Crippen LogP contribution in [-0.4, -0.2) is 36.2 Å². The molecule has 1 aliphatic rings. The molecule has 34 heavy (non-hydrogen) atoms. The summed E-state index contributed by atoms with van der Waals surface area (Å²) in [6, 6.07) is 11.0. The van der Waals surface area contributed by atoms with Crippen LogP contribution >= 0.6 is 34.3 Å². The summed E-state index contributed by atoms with van der Waals surface area (Å²) in [7, 11) is -3.86. The van der Waals surface area contributed by atoms with E-state index in [-0.39, 0.29) is 21.4 Å². The zero-order chi connectivity index (χ0) is 23.9. The average molecular weight is 536 g/mol. The summed E-state index contributed by atoms with van der Waals surface area (Å²) in [5.41, 5.74) is 0.611. The number of thiophene rings is 1. The van der Waals surface area contributed by atoms with Crippen molar-refractivity contribution in [2.24, 2.45) is 0 Å². The highest BCUT2D eigenvalue weighted by Crippen LogP contribution is 2.32. The van der Waals surface area contributed by atoms with Gasteiger partial charge in [-0.2, -0.15) is 4.31 Å². The van der Waals surface area contributed by atoms with Crippen molar-refractivity contribution >= 4 is 66.3 Å². The van der Waals surface area contributed by atoms with Gasteiger partial charge in [0.05, 0.1) is 15.6 Å². The van der Waals surface area contributed by atoms with Crippen molar-refractivity contribution in [2.75, 3.05) is 11.9 Å². The number of carbonyl (C=O) groups is 1. The Morgan fingerprint density at radius 3 is 2.82 bits per heavy atom. The standard InChI is InChI=1S/C22H18ClN3O5S3/c23-18-8-9-19(33-18)34(29,30)26-10-4-3-6-16(26)20(27)25-22-24-15(12-32-22)14-11-13-5-1-2-7-17(13)31-21(14)28/h1-2,5,7-9,11-12,16H,3-4,6,10H2,(H,24,25,27). The summed E-state index contributed by atoms with van der Waals surface area (Å²) < 4.78 is 33.4. The van der Waals surface area contributed by atoms with Gasteiger partial charge >= 0.3 is 5.63 Å². The summed E-state index contributed by atoms with van der Waals surface area (Å²) >= 11 is 8.04. The zero-order valence-corrected chi connectivity index (χ0v) is 20.8. The van der Waals surface area contributed by atoms with Gasteiger partial charge in [0.2, 0.25) is 5.91 Å². The van der Waals surface area contributed by atoms with Crippen LogP contribution in [-0.2, 0) is 14.8 Å². The molecule has 0 spiro atoms. The molecule has 1 unspecified atom stereocenters. The van der Waals surface area contributed by atoms with Gasteiger partial charge in [-0.15, -0.1) is 22.7 Å². The first kappa shape index (κ1) is 23.2. The minimum absolute atomic E-state index is 0.108. The molecule has 12 heteroatoms. The lowest BCUT2D eigenvalue weighted by Gasteiger charge is -2.32. The van der Waals surface area contributed by atoms with Gasteiger partial charge in [-0.05, 0) is 37.1 Å². The fraction of sp³-hybridized carbons (Fsp3) is 0.227. The van der Waals surface area contributed by atoms with Gasteiger partial charge in [-0.3, -0.25) is 4.79 Å². The summed E-state index contributed by atoms with van der Waals surface area (Å²) in [4.78, 5) is 29.9. The Kier molecular flexibility index (Phi) is 6.30. The number of nitrogens with one attached hydrogen (secondary N) is 1. The minimum atomic E-state index is -3.86. The van der Waals surface area contributed by atoms with Crippen LogP contribution in [0.5, 0.6) is 0 Å². The molecule has 4 aromatic rings. The molecule has 4 heterocycles. The SMILES string of the molecule is O=C(Nc1nc(-c2cc3ccccc3oc2=O)cs1)C1CCCCN1S(=O)(=O)c1ccc(Cl)s1. The van der Waals surface area contributed by atoms with E-state index < -0.39 is 27.6 Å². The fourth-order valence-electron chi connectivity index (χ4n) is 3.89. The van der Waals surface area contributed by atoms with Gasteiger partial charge in [0, 0.05) is 17.3 Å². The van der Waals surface area contributed by atoms with Crippen molar-refractivity contribution in [1.29, 1.82) is 0 Å². The first-order valence-electron chi connectivity index (χ1n) is 10.4. The molecule has 1 N–H and O–H groups in total. The van der Waals surface area contributed by atoms with E-state index in [0.29, 0.717) is 28.5 Å². The van der Waals surface area contributed by atoms with Crippen molar-refractivity contribution < 1.29 is 17.6 Å². The highest BCUT2D eigenvalue weighted by Gasteiger charge is 2.38. The van der Waals surface area contributed by atoms with Crippen LogP contribution in [0.25, 0.3) is 22.2 Å². The number of rotatable bonds is 5. The Morgan fingerprint density at radius 1 is 1.21 bits per heavy atom. The van der Waals surface area contributed by atoms with Crippen molar-refractivity contribution in [3.63, 3.8) is 0 Å². The zero-order valence-electron chi connectivity index (χ0n) is 17.6. The van der Waals surface area contributed by atoms with Gasteiger partial charge in [0.25, 0.3) is 10.0 Å². The molecule has 0 aliphatic carbocycles.